The first-order valence-electron chi connectivity index (χ1n) is 10.7. The molecule has 3 aromatic rings. The normalized spacial score (nSPS) is 17.6. The summed E-state index contributed by atoms with van der Waals surface area (Å²) in [6, 6.07) is 22.8. The summed E-state index contributed by atoms with van der Waals surface area (Å²) in [6.45, 7) is 1.98. The van der Waals surface area contributed by atoms with Crippen LogP contribution in [-0.2, 0) is 16.9 Å². The number of urea groups is 1. The average molecular weight is 444 g/mol. The molecular formula is C26H25N3O4. The lowest BCUT2D eigenvalue weighted by molar-refractivity contribution is -0.132. The second-order valence-corrected chi connectivity index (χ2v) is 7.83. The van der Waals surface area contributed by atoms with Crippen molar-refractivity contribution in [2.75, 3.05) is 12.4 Å². The summed E-state index contributed by atoms with van der Waals surface area (Å²) >= 11 is 0. The number of imide groups is 1. The number of ether oxygens (including phenoxy) is 1. The van der Waals surface area contributed by atoms with Crippen molar-refractivity contribution in [2.45, 2.75) is 25.4 Å². The van der Waals surface area contributed by atoms with Crippen LogP contribution in [0, 0.1) is 0 Å². The molecule has 7 heteroatoms. The lowest BCUT2D eigenvalue weighted by Gasteiger charge is -2.26. The van der Waals surface area contributed by atoms with E-state index in [1.807, 2.05) is 37.3 Å². The van der Waals surface area contributed by atoms with Gasteiger partial charge in [0.1, 0.15) is 11.3 Å². The van der Waals surface area contributed by atoms with Gasteiger partial charge in [-0.2, -0.15) is 0 Å². The molecule has 1 heterocycles. The molecule has 1 fully saturated rings. The van der Waals surface area contributed by atoms with Gasteiger partial charge in [-0.25, -0.2) is 4.79 Å². The first-order valence-corrected chi connectivity index (χ1v) is 10.7. The number of rotatable bonds is 7. The first-order chi connectivity index (χ1) is 16.0. The number of nitrogens with one attached hydrogen (secondary N) is 2. The summed E-state index contributed by atoms with van der Waals surface area (Å²) in [6.07, 6.45) is 0.416. The van der Waals surface area contributed by atoms with Crippen LogP contribution in [0.25, 0.3) is 0 Å². The second kappa shape index (κ2) is 9.16. The summed E-state index contributed by atoms with van der Waals surface area (Å²) in [5.74, 6) is 0.147. The maximum absolute atomic E-state index is 13.4. The number of nitrogens with zero attached hydrogens (tertiary/aromatic N) is 1. The molecule has 1 saturated heterocycles. The van der Waals surface area contributed by atoms with Crippen LogP contribution in [0.1, 0.15) is 34.8 Å². The lowest BCUT2D eigenvalue weighted by Crippen LogP contribution is -2.43. The van der Waals surface area contributed by atoms with E-state index in [2.05, 4.69) is 10.6 Å². The minimum Gasteiger partial charge on any atom is -0.497 e. The molecule has 0 aromatic heterocycles. The van der Waals surface area contributed by atoms with Crippen molar-refractivity contribution < 1.29 is 19.1 Å². The number of methoxy groups -OCH3 is 1. The van der Waals surface area contributed by atoms with Gasteiger partial charge in [0.05, 0.1) is 13.7 Å². The molecule has 1 aliphatic heterocycles. The Balaban J connectivity index is 1.48. The Labute approximate surface area is 192 Å². The smallest absolute Gasteiger partial charge is 0.325 e. The predicted molar refractivity (Wildman–Crippen MR) is 125 cm³/mol. The monoisotopic (exact) mass is 443 g/mol. The minimum absolute atomic E-state index is 0.114. The van der Waals surface area contributed by atoms with Crippen LogP contribution in [0.5, 0.6) is 5.75 Å². The summed E-state index contributed by atoms with van der Waals surface area (Å²) in [4.78, 5) is 39.8. The highest BCUT2D eigenvalue weighted by molar-refractivity contribution is 6.07. The number of benzene rings is 3. The zero-order valence-electron chi connectivity index (χ0n) is 18.5. The largest absolute Gasteiger partial charge is 0.497 e. The SMILES string of the molecule is CCC1(c2ccc(OC)cc2)NC(=O)N(Cc2ccc(C(=O)Nc3ccccc3)cc2)C1=O. The van der Waals surface area contributed by atoms with Crippen LogP contribution in [-0.4, -0.2) is 29.9 Å². The summed E-state index contributed by atoms with van der Waals surface area (Å²) in [5, 5.41) is 5.71. The third-order valence-electron chi connectivity index (χ3n) is 5.88. The van der Waals surface area contributed by atoms with Gasteiger partial charge in [0.25, 0.3) is 11.8 Å². The Kier molecular flexibility index (Phi) is 6.13. The van der Waals surface area contributed by atoms with Gasteiger partial charge in [0.15, 0.2) is 0 Å². The molecule has 0 bridgehead atoms. The van der Waals surface area contributed by atoms with Crippen molar-refractivity contribution in [2.24, 2.45) is 0 Å². The number of hydrogen-bond donors (Lipinski definition) is 2. The molecule has 1 atom stereocenters. The molecule has 2 N–H and O–H groups in total. The Morgan fingerprint density at radius 2 is 1.64 bits per heavy atom. The third kappa shape index (κ3) is 4.30. The Bertz CT molecular complexity index is 1160. The van der Waals surface area contributed by atoms with Crippen molar-refractivity contribution >= 4 is 23.5 Å². The van der Waals surface area contributed by atoms with Gasteiger partial charge >= 0.3 is 6.03 Å². The van der Waals surface area contributed by atoms with E-state index in [9.17, 15) is 14.4 Å². The van der Waals surface area contributed by atoms with Gasteiger partial charge in [-0.15, -0.1) is 0 Å². The zero-order valence-corrected chi connectivity index (χ0v) is 18.5. The summed E-state index contributed by atoms with van der Waals surface area (Å²) < 4.78 is 5.19. The van der Waals surface area contributed by atoms with E-state index in [0.29, 0.717) is 29.0 Å². The first kappa shape index (κ1) is 22.1. The minimum atomic E-state index is -1.11. The molecule has 3 aromatic carbocycles. The predicted octanol–water partition coefficient (Wildman–Crippen LogP) is 4.30. The van der Waals surface area contributed by atoms with Gasteiger partial charge in [0.2, 0.25) is 0 Å². The molecule has 7 nitrogen and oxygen atoms in total. The molecule has 0 radical (unpaired) electrons. The van der Waals surface area contributed by atoms with Gasteiger partial charge in [-0.05, 0) is 53.9 Å². The number of hydrogen-bond acceptors (Lipinski definition) is 4. The maximum atomic E-state index is 13.4. The molecule has 4 amide bonds. The van der Waals surface area contributed by atoms with Gasteiger partial charge in [-0.3, -0.25) is 14.5 Å². The number of amides is 4. The van der Waals surface area contributed by atoms with Crippen LogP contribution >= 0.6 is 0 Å². The van der Waals surface area contributed by atoms with E-state index in [1.54, 1.807) is 55.6 Å². The van der Waals surface area contributed by atoms with E-state index in [0.717, 1.165) is 5.56 Å². The Morgan fingerprint density at radius 3 is 2.24 bits per heavy atom. The highest BCUT2D eigenvalue weighted by atomic mass is 16.5. The van der Waals surface area contributed by atoms with Crippen LogP contribution in [0.15, 0.2) is 78.9 Å². The van der Waals surface area contributed by atoms with Gasteiger partial charge in [-0.1, -0.05) is 49.4 Å². The fraction of sp³-hybridized carbons (Fsp3) is 0.192. The number of carbonyl (C=O) groups is 3. The number of para-hydroxylation sites is 1. The second-order valence-electron chi connectivity index (χ2n) is 7.83. The summed E-state index contributed by atoms with van der Waals surface area (Å²) in [5.41, 5.74) is 1.54. The fourth-order valence-electron chi connectivity index (χ4n) is 3.95. The van der Waals surface area contributed by atoms with Gasteiger partial charge < -0.3 is 15.4 Å². The third-order valence-corrected chi connectivity index (χ3v) is 5.88. The molecule has 0 spiro atoms. The fourth-order valence-corrected chi connectivity index (χ4v) is 3.95. The van der Waals surface area contributed by atoms with E-state index in [4.69, 9.17) is 4.74 Å². The van der Waals surface area contributed by atoms with Crippen molar-refractivity contribution in [1.29, 1.82) is 0 Å². The van der Waals surface area contributed by atoms with Crippen LogP contribution in [0.2, 0.25) is 0 Å². The lowest BCUT2D eigenvalue weighted by atomic mass is 9.87. The molecule has 33 heavy (non-hydrogen) atoms. The van der Waals surface area contributed by atoms with E-state index in [-0.39, 0.29) is 18.4 Å². The molecule has 168 valence electrons. The summed E-state index contributed by atoms with van der Waals surface area (Å²) in [7, 11) is 1.57. The van der Waals surface area contributed by atoms with Crippen LogP contribution in [0.4, 0.5) is 10.5 Å². The molecular weight excluding hydrogens is 418 g/mol. The zero-order chi connectivity index (χ0) is 23.4. The molecule has 0 aliphatic carbocycles. The van der Waals surface area contributed by atoms with Crippen molar-refractivity contribution in [3.05, 3.63) is 95.6 Å². The molecule has 1 aliphatic rings. The quantitative estimate of drug-likeness (QED) is 0.533. The van der Waals surface area contributed by atoms with Crippen molar-refractivity contribution in [3.63, 3.8) is 0 Å². The van der Waals surface area contributed by atoms with E-state index >= 15 is 0 Å². The van der Waals surface area contributed by atoms with E-state index in [1.165, 1.54) is 4.90 Å². The maximum Gasteiger partial charge on any atom is 0.325 e. The highest BCUT2D eigenvalue weighted by Crippen LogP contribution is 2.34. The van der Waals surface area contributed by atoms with Crippen molar-refractivity contribution in [1.82, 2.24) is 10.2 Å². The topological polar surface area (TPSA) is 87.7 Å². The molecule has 1 unspecified atom stereocenters. The van der Waals surface area contributed by atoms with E-state index < -0.39 is 11.6 Å². The highest BCUT2D eigenvalue weighted by Gasteiger charge is 2.51. The number of anilines is 1. The Morgan fingerprint density at radius 1 is 0.970 bits per heavy atom. The van der Waals surface area contributed by atoms with Gasteiger partial charge in [0, 0.05) is 11.3 Å². The van der Waals surface area contributed by atoms with Crippen molar-refractivity contribution in [3.8, 4) is 5.75 Å². The van der Waals surface area contributed by atoms with Crippen LogP contribution < -0.4 is 15.4 Å². The molecule has 4 rings (SSSR count). The standard InChI is InChI=1S/C26H25N3O4/c1-3-26(20-13-15-22(33-2)16-14-20)24(31)29(25(32)28-26)17-18-9-11-19(12-10-18)23(30)27-21-7-5-4-6-8-21/h4-16H,3,17H2,1-2H3,(H,27,30)(H,28,32). The average Bonchev–Trinajstić information content (AvgIpc) is 3.10. The number of carbonyl (C=O) groups excluding carboxylic acids is 3. The Hall–Kier alpha value is -4.13. The van der Waals surface area contributed by atoms with Crippen LogP contribution in [0.3, 0.4) is 0 Å². The molecule has 0 saturated carbocycles.